The molecular weight excluding hydrogens is 448 g/mol. The summed E-state index contributed by atoms with van der Waals surface area (Å²) in [5, 5.41) is 2.78. The Hall–Kier alpha value is -1.73. The van der Waals surface area contributed by atoms with Gasteiger partial charge in [0.25, 0.3) is 0 Å². The summed E-state index contributed by atoms with van der Waals surface area (Å²) in [7, 11) is 0. The van der Waals surface area contributed by atoms with Gasteiger partial charge in [-0.1, -0.05) is 11.6 Å². The van der Waals surface area contributed by atoms with E-state index in [9.17, 15) is 18.4 Å². The van der Waals surface area contributed by atoms with Gasteiger partial charge >= 0.3 is 0 Å². The van der Waals surface area contributed by atoms with Gasteiger partial charge in [-0.3, -0.25) is 14.5 Å². The number of nitrogens with one attached hydrogen (secondary N) is 1. The van der Waals surface area contributed by atoms with Crippen molar-refractivity contribution in [1.29, 1.82) is 0 Å². The molecule has 0 atom stereocenters. The molecule has 2 amide bonds. The lowest BCUT2D eigenvalue weighted by Crippen LogP contribution is -2.51. The van der Waals surface area contributed by atoms with E-state index in [1.165, 1.54) is 50.7 Å². The molecule has 4 aliphatic carbocycles. The number of rotatable bonds is 6. The standard InChI is InChI=1S/C25H32ClF2N3O2/c26-20-1-2-21(27)19(24(20)28)15-30-3-5-31(6-4-30)23(33)14-29-22(32)13-25-10-16-7-17(11-25)9-18(8-16)12-25/h1-2,16-18H,3-15H2,(H,29,32). The number of hydrogen-bond acceptors (Lipinski definition) is 3. The summed E-state index contributed by atoms with van der Waals surface area (Å²) in [6.45, 7) is 2.09. The number of piperazine rings is 1. The summed E-state index contributed by atoms with van der Waals surface area (Å²) in [4.78, 5) is 29.0. The maximum absolute atomic E-state index is 14.2. The molecule has 33 heavy (non-hydrogen) atoms. The number of halogens is 3. The molecule has 180 valence electrons. The molecule has 1 aliphatic heterocycles. The zero-order valence-corrected chi connectivity index (χ0v) is 19.7. The van der Waals surface area contributed by atoms with Crippen LogP contribution in [-0.4, -0.2) is 54.3 Å². The quantitative estimate of drug-likeness (QED) is 0.628. The van der Waals surface area contributed by atoms with Crippen molar-refractivity contribution >= 4 is 23.4 Å². The van der Waals surface area contributed by atoms with E-state index in [2.05, 4.69) is 5.32 Å². The van der Waals surface area contributed by atoms with Crippen molar-refractivity contribution in [3.8, 4) is 0 Å². The molecule has 0 spiro atoms. The van der Waals surface area contributed by atoms with Crippen LogP contribution in [0.4, 0.5) is 8.78 Å². The Balaban J connectivity index is 1.07. The average molecular weight is 480 g/mol. The summed E-state index contributed by atoms with van der Waals surface area (Å²) >= 11 is 5.78. The molecule has 1 N–H and O–H groups in total. The fourth-order valence-corrected chi connectivity index (χ4v) is 7.47. The zero-order chi connectivity index (χ0) is 23.2. The number of benzene rings is 1. The van der Waals surface area contributed by atoms with Gasteiger partial charge in [0.1, 0.15) is 11.6 Å². The number of carbonyl (C=O) groups is 2. The van der Waals surface area contributed by atoms with Crippen LogP contribution in [0.5, 0.6) is 0 Å². The molecule has 5 nitrogen and oxygen atoms in total. The topological polar surface area (TPSA) is 52.7 Å². The molecule has 1 aromatic rings. The third kappa shape index (κ3) is 4.90. The highest BCUT2D eigenvalue weighted by molar-refractivity contribution is 6.30. The van der Waals surface area contributed by atoms with Crippen LogP contribution in [0.1, 0.15) is 50.5 Å². The summed E-state index contributed by atoms with van der Waals surface area (Å²) in [6, 6.07) is 2.39. The normalized spacial score (nSPS) is 31.1. The van der Waals surface area contributed by atoms with Gasteiger partial charge in [0.15, 0.2) is 0 Å². The Morgan fingerprint density at radius 2 is 1.61 bits per heavy atom. The highest BCUT2D eigenvalue weighted by atomic mass is 35.5. The second kappa shape index (κ2) is 9.14. The SMILES string of the molecule is O=C(CC12CC3CC(CC(C3)C1)C2)NCC(=O)N1CCN(Cc2c(F)ccc(Cl)c2F)CC1. The molecule has 1 saturated heterocycles. The van der Waals surface area contributed by atoms with Crippen molar-refractivity contribution in [3.63, 3.8) is 0 Å². The van der Waals surface area contributed by atoms with E-state index >= 15 is 0 Å². The predicted octanol–water partition coefficient (Wildman–Crippen LogP) is 3.99. The number of carbonyl (C=O) groups excluding carboxylic acids is 2. The molecule has 1 aromatic carbocycles. The molecule has 0 unspecified atom stereocenters. The van der Waals surface area contributed by atoms with Gasteiger partial charge in [0.05, 0.1) is 11.6 Å². The first-order chi connectivity index (χ1) is 15.8. The van der Waals surface area contributed by atoms with Crippen molar-refractivity contribution in [2.24, 2.45) is 23.2 Å². The lowest BCUT2D eigenvalue weighted by molar-refractivity contribution is -0.136. The largest absolute Gasteiger partial charge is 0.347 e. The van der Waals surface area contributed by atoms with E-state index in [4.69, 9.17) is 11.6 Å². The Kier molecular flexibility index (Phi) is 6.38. The summed E-state index contributed by atoms with van der Waals surface area (Å²) in [6.07, 6.45) is 8.13. The minimum absolute atomic E-state index is 0.00385. The van der Waals surface area contributed by atoms with Crippen LogP contribution < -0.4 is 5.32 Å². The maximum Gasteiger partial charge on any atom is 0.242 e. The summed E-state index contributed by atoms with van der Waals surface area (Å²) in [5.41, 5.74) is 0.123. The van der Waals surface area contributed by atoms with Crippen LogP contribution in [0.15, 0.2) is 12.1 Å². The van der Waals surface area contributed by atoms with E-state index < -0.39 is 11.6 Å². The van der Waals surface area contributed by atoms with Crippen LogP contribution in [0, 0.1) is 34.8 Å². The Labute approximate surface area is 198 Å². The molecule has 5 aliphatic rings. The van der Waals surface area contributed by atoms with Crippen LogP contribution >= 0.6 is 11.6 Å². The molecule has 0 aromatic heterocycles. The summed E-state index contributed by atoms with van der Waals surface area (Å²) in [5.74, 6) is 0.959. The Morgan fingerprint density at radius 1 is 1.00 bits per heavy atom. The maximum atomic E-state index is 14.2. The molecule has 4 bridgehead atoms. The van der Waals surface area contributed by atoms with E-state index in [1.54, 1.807) is 4.90 Å². The van der Waals surface area contributed by atoms with Crippen molar-refractivity contribution in [2.45, 2.75) is 51.5 Å². The highest BCUT2D eigenvalue weighted by Gasteiger charge is 2.51. The van der Waals surface area contributed by atoms with Gasteiger partial charge in [0.2, 0.25) is 11.8 Å². The van der Waals surface area contributed by atoms with E-state index in [0.29, 0.717) is 32.6 Å². The highest BCUT2D eigenvalue weighted by Crippen LogP contribution is 2.61. The zero-order valence-electron chi connectivity index (χ0n) is 18.9. The second-order valence-electron chi connectivity index (χ2n) is 10.8. The van der Waals surface area contributed by atoms with Gasteiger partial charge in [-0.15, -0.1) is 0 Å². The van der Waals surface area contributed by atoms with E-state index in [-0.39, 0.29) is 40.9 Å². The first-order valence-corrected chi connectivity index (χ1v) is 12.6. The monoisotopic (exact) mass is 479 g/mol. The van der Waals surface area contributed by atoms with Crippen molar-refractivity contribution in [1.82, 2.24) is 15.1 Å². The number of amides is 2. The molecule has 5 fully saturated rings. The molecule has 8 heteroatoms. The fourth-order valence-electron chi connectivity index (χ4n) is 7.29. The van der Waals surface area contributed by atoms with Crippen LogP contribution in [0.2, 0.25) is 5.02 Å². The van der Waals surface area contributed by atoms with Crippen LogP contribution in [0.3, 0.4) is 0 Å². The minimum Gasteiger partial charge on any atom is -0.347 e. The lowest BCUT2D eigenvalue weighted by Gasteiger charge is -2.56. The average Bonchev–Trinajstić information content (AvgIpc) is 2.77. The van der Waals surface area contributed by atoms with Crippen molar-refractivity contribution < 1.29 is 18.4 Å². The van der Waals surface area contributed by atoms with Crippen molar-refractivity contribution in [3.05, 3.63) is 34.4 Å². The van der Waals surface area contributed by atoms with Gasteiger partial charge < -0.3 is 10.2 Å². The molecule has 6 rings (SSSR count). The molecule has 0 radical (unpaired) electrons. The molecule has 1 heterocycles. The first-order valence-electron chi connectivity index (χ1n) is 12.2. The second-order valence-corrected chi connectivity index (χ2v) is 11.3. The van der Waals surface area contributed by atoms with Gasteiger partial charge in [0, 0.05) is 44.7 Å². The van der Waals surface area contributed by atoms with E-state index in [0.717, 1.165) is 17.8 Å². The van der Waals surface area contributed by atoms with Crippen LogP contribution in [0.25, 0.3) is 0 Å². The summed E-state index contributed by atoms with van der Waals surface area (Å²) < 4.78 is 28.2. The third-order valence-corrected chi connectivity index (χ3v) is 8.67. The fraction of sp³-hybridized carbons (Fsp3) is 0.680. The van der Waals surface area contributed by atoms with Gasteiger partial charge in [-0.05, 0) is 73.8 Å². The van der Waals surface area contributed by atoms with Gasteiger partial charge in [-0.25, -0.2) is 8.78 Å². The first kappa shape index (κ1) is 23.0. The molecular formula is C25H32ClF2N3O2. The molecule has 4 saturated carbocycles. The number of nitrogens with zero attached hydrogens (tertiary/aromatic N) is 2. The van der Waals surface area contributed by atoms with E-state index in [1.807, 2.05) is 4.90 Å². The third-order valence-electron chi connectivity index (χ3n) is 8.38. The smallest absolute Gasteiger partial charge is 0.242 e. The Morgan fingerprint density at radius 3 is 2.21 bits per heavy atom. The van der Waals surface area contributed by atoms with Crippen LogP contribution in [-0.2, 0) is 16.1 Å². The Bertz CT molecular complexity index is 897. The van der Waals surface area contributed by atoms with Crippen molar-refractivity contribution in [2.75, 3.05) is 32.7 Å². The lowest BCUT2D eigenvalue weighted by atomic mass is 9.49. The minimum atomic E-state index is -0.725. The van der Waals surface area contributed by atoms with Gasteiger partial charge in [-0.2, -0.15) is 0 Å². The number of hydrogen-bond donors (Lipinski definition) is 1. The predicted molar refractivity (Wildman–Crippen MR) is 121 cm³/mol.